The minimum atomic E-state index is -0.316. The van der Waals surface area contributed by atoms with Gasteiger partial charge in [0, 0.05) is 67.4 Å². The number of anilines is 4. The number of nitrogens with one attached hydrogen (secondary N) is 2. The summed E-state index contributed by atoms with van der Waals surface area (Å²) in [5, 5.41) is 15.8. The maximum absolute atomic E-state index is 13.5. The molecule has 2 amide bonds. The Kier molecular flexibility index (Phi) is 8.97. The van der Waals surface area contributed by atoms with Gasteiger partial charge in [0.1, 0.15) is 0 Å². The van der Waals surface area contributed by atoms with Crippen LogP contribution in [0.1, 0.15) is 60.9 Å². The van der Waals surface area contributed by atoms with Crippen molar-refractivity contribution in [2.24, 2.45) is 7.05 Å². The standard InChI is InChI=1S/C35H40N6O4S/c1-21-24(10-7-11-25(21)38-33(43)30-19-23-9-5-6-12-29(23)46-30)27-20-40(4)35(45)32(37-27)36-26-13-14-28(41-15-8-16-41)31(22(26)2)34(44)39(3)17-18-42/h7,10-11,13-14,19-20,42H,5-6,8-9,12,15-18H2,1-4H3,(H,36,37)(H,38,43). The van der Waals surface area contributed by atoms with E-state index >= 15 is 0 Å². The van der Waals surface area contributed by atoms with Crippen LogP contribution in [-0.4, -0.2) is 64.7 Å². The summed E-state index contributed by atoms with van der Waals surface area (Å²) in [6, 6.07) is 11.5. The number of carbonyl (C=O) groups excluding carboxylic acids is 2. The van der Waals surface area contributed by atoms with Gasteiger partial charge in [-0.3, -0.25) is 14.4 Å². The van der Waals surface area contributed by atoms with E-state index in [1.807, 2.05) is 50.2 Å². The number of aliphatic hydroxyl groups is 1. The van der Waals surface area contributed by atoms with Crippen LogP contribution in [0.2, 0.25) is 0 Å². The fourth-order valence-corrected chi connectivity index (χ4v) is 7.29. The van der Waals surface area contributed by atoms with E-state index in [0.717, 1.165) is 54.0 Å². The molecule has 11 heteroatoms. The average Bonchev–Trinajstić information content (AvgIpc) is 3.45. The third-order valence-electron chi connectivity index (χ3n) is 9.04. The molecule has 0 radical (unpaired) electrons. The SMILES string of the molecule is Cc1c(NC(=O)c2cc3c(s2)CCCC3)cccc1-c1cn(C)c(=O)c(Nc2ccc(N3CCC3)c(C(=O)N(C)CCO)c2C)n1. The maximum atomic E-state index is 13.5. The molecule has 1 saturated heterocycles. The summed E-state index contributed by atoms with van der Waals surface area (Å²) in [6.07, 6.45) is 7.16. The smallest absolute Gasteiger partial charge is 0.293 e. The fourth-order valence-electron chi connectivity index (χ4n) is 6.15. The molecule has 0 unspecified atom stereocenters. The lowest BCUT2D eigenvalue weighted by Gasteiger charge is -2.36. The molecule has 3 N–H and O–H groups in total. The molecule has 0 bridgehead atoms. The Morgan fingerprint density at radius 2 is 1.83 bits per heavy atom. The molecule has 2 aromatic carbocycles. The van der Waals surface area contributed by atoms with Crippen molar-refractivity contribution in [1.29, 1.82) is 0 Å². The van der Waals surface area contributed by atoms with Crippen molar-refractivity contribution in [3.63, 3.8) is 0 Å². The molecule has 46 heavy (non-hydrogen) atoms. The molecule has 2 aromatic heterocycles. The molecule has 0 saturated carbocycles. The third-order valence-corrected chi connectivity index (χ3v) is 10.3. The number of amides is 2. The Morgan fingerprint density at radius 1 is 1.04 bits per heavy atom. The highest BCUT2D eigenvalue weighted by Crippen LogP contribution is 2.35. The van der Waals surface area contributed by atoms with Gasteiger partial charge in [0.25, 0.3) is 17.4 Å². The van der Waals surface area contributed by atoms with E-state index in [1.54, 1.807) is 31.6 Å². The number of thiophene rings is 1. The first-order chi connectivity index (χ1) is 22.2. The molecule has 3 heterocycles. The fraction of sp³-hybridized carbons (Fsp3) is 0.371. The monoisotopic (exact) mass is 640 g/mol. The van der Waals surface area contributed by atoms with Crippen molar-refractivity contribution in [3.05, 3.63) is 85.0 Å². The van der Waals surface area contributed by atoms with Gasteiger partial charge in [0.05, 0.1) is 22.7 Å². The average molecular weight is 641 g/mol. The number of benzene rings is 2. The number of nitrogens with zero attached hydrogens (tertiary/aromatic N) is 4. The van der Waals surface area contributed by atoms with Crippen LogP contribution in [0.3, 0.4) is 0 Å². The third kappa shape index (κ3) is 6.04. The number of rotatable bonds is 9. The van der Waals surface area contributed by atoms with Crippen LogP contribution < -0.4 is 21.1 Å². The first-order valence-corrected chi connectivity index (χ1v) is 16.6. The topological polar surface area (TPSA) is 120 Å². The lowest BCUT2D eigenvalue weighted by Crippen LogP contribution is -2.39. The quantitative estimate of drug-likeness (QED) is 0.228. The highest BCUT2D eigenvalue weighted by Gasteiger charge is 2.27. The summed E-state index contributed by atoms with van der Waals surface area (Å²) in [4.78, 5) is 50.6. The normalized spacial score (nSPS) is 14.0. The van der Waals surface area contributed by atoms with Gasteiger partial charge in [-0.05, 0) is 86.9 Å². The number of aromatic nitrogens is 2. The summed E-state index contributed by atoms with van der Waals surface area (Å²) < 4.78 is 1.48. The van der Waals surface area contributed by atoms with E-state index in [4.69, 9.17) is 4.98 Å². The predicted octanol–water partition coefficient (Wildman–Crippen LogP) is 5.27. The molecule has 0 spiro atoms. The van der Waals surface area contributed by atoms with E-state index < -0.39 is 0 Å². The molecule has 240 valence electrons. The summed E-state index contributed by atoms with van der Waals surface area (Å²) in [6.45, 7) is 5.62. The molecule has 1 aliphatic heterocycles. The van der Waals surface area contributed by atoms with Crippen molar-refractivity contribution in [2.45, 2.75) is 46.0 Å². The predicted molar refractivity (Wildman–Crippen MR) is 184 cm³/mol. The van der Waals surface area contributed by atoms with Crippen molar-refractivity contribution in [3.8, 4) is 11.3 Å². The number of hydrogen-bond donors (Lipinski definition) is 3. The van der Waals surface area contributed by atoms with Crippen LogP contribution in [0.25, 0.3) is 11.3 Å². The van der Waals surface area contributed by atoms with E-state index in [9.17, 15) is 19.5 Å². The van der Waals surface area contributed by atoms with Crippen molar-refractivity contribution in [2.75, 3.05) is 48.8 Å². The zero-order valence-corrected chi connectivity index (χ0v) is 27.6. The number of aryl methyl sites for hydroxylation is 3. The maximum Gasteiger partial charge on any atom is 0.293 e. The number of fused-ring (bicyclic) bond motifs is 1. The van der Waals surface area contributed by atoms with Gasteiger partial charge in [-0.25, -0.2) is 4.98 Å². The molecule has 0 atom stereocenters. The number of carbonyl (C=O) groups is 2. The number of likely N-dealkylation sites (N-methyl/N-ethyl adjacent to an activating group) is 1. The molecular weight excluding hydrogens is 600 g/mol. The molecule has 1 fully saturated rings. The lowest BCUT2D eigenvalue weighted by atomic mass is 9.99. The van der Waals surface area contributed by atoms with Crippen LogP contribution in [0.4, 0.5) is 22.9 Å². The first-order valence-electron chi connectivity index (χ1n) is 15.8. The van der Waals surface area contributed by atoms with Crippen molar-refractivity contribution < 1.29 is 14.7 Å². The van der Waals surface area contributed by atoms with Crippen LogP contribution in [0.15, 0.2) is 47.4 Å². The van der Waals surface area contributed by atoms with Crippen molar-refractivity contribution >= 4 is 46.0 Å². The van der Waals surface area contributed by atoms with Gasteiger partial charge in [-0.1, -0.05) is 12.1 Å². The molecular formula is C35H40N6O4S. The molecule has 10 nitrogen and oxygen atoms in total. The van der Waals surface area contributed by atoms with Gasteiger partial charge in [-0.15, -0.1) is 11.3 Å². The van der Waals surface area contributed by atoms with Gasteiger partial charge >= 0.3 is 0 Å². The minimum Gasteiger partial charge on any atom is -0.395 e. The van der Waals surface area contributed by atoms with Crippen molar-refractivity contribution in [1.82, 2.24) is 14.5 Å². The minimum absolute atomic E-state index is 0.123. The number of hydrogen-bond acceptors (Lipinski definition) is 8. The van der Waals surface area contributed by atoms with E-state index in [-0.39, 0.29) is 36.3 Å². The lowest BCUT2D eigenvalue weighted by molar-refractivity contribution is 0.0766. The van der Waals surface area contributed by atoms with Crippen LogP contribution in [0.5, 0.6) is 0 Å². The Balaban J connectivity index is 1.31. The molecule has 1 aliphatic carbocycles. The van der Waals surface area contributed by atoms with E-state index in [2.05, 4.69) is 15.5 Å². The first kappa shape index (κ1) is 31.5. The van der Waals surface area contributed by atoms with Gasteiger partial charge in [0.2, 0.25) is 0 Å². The second-order valence-electron chi connectivity index (χ2n) is 12.1. The second-order valence-corrected chi connectivity index (χ2v) is 13.3. The summed E-state index contributed by atoms with van der Waals surface area (Å²) in [5.74, 6) is -0.189. The Morgan fingerprint density at radius 3 is 2.54 bits per heavy atom. The van der Waals surface area contributed by atoms with E-state index in [1.165, 1.54) is 32.7 Å². The summed E-state index contributed by atoms with van der Waals surface area (Å²) >= 11 is 1.58. The largest absolute Gasteiger partial charge is 0.395 e. The van der Waals surface area contributed by atoms with Gasteiger partial charge in [-0.2, -0.15) is 0 Å². The van der Waals surface area contributed by atoms with Crippen LogP contribution in [-0.2, 0) is 19.9 Å². The van der Waals surface area contributed by atoms with Crippen LogP contribution >= 0.6 is 11.3 Å². The van der Waals surface area contributed by atoms with Gasteiger partial charge < -0.3 is 30.1 Å². The molecule has 2 aliphatic rings. The van der Waals surface area contributed by atoms with E-state index in [0.29, 0.717) is 28.2 Å². The second kappa shape index (κ2) is 13.1. The Labute approximate surface area is 272 Å². The van der Waals surface area contributed by atoms with Crippen LogP contribution in [0, 0.1) is 13.8 Å². The highest BCUT2D eigenvalue weighted by atomic mass is 32.1. The summed E-state index contributed by atoms with van der Waals surface area (Å²) in [5.41, 5.74) is 6.54. The summed E-state index contributed by atoms with van der Waals surface area (Å²) in [7, 11) is 3.35. The molecule has 4 aromatic rings. The highest BCUT2D eigenvalue weighted by molar-refractivity contribution is 7.14. The zero-order valence-electron chi connectivity index (χ0n) is 26.8. The number of aliphatic hydroxyl groups excluding tert-OH is 1. The Hall–Kier alpha value is -4.48. The Bertz CT molecular complexity index is 1850. The zero-order chi connectivity index (χ0) is 32.5. The molecule has 6 rings (SSSR count). The van der Waals surface area contributed by atoms with Gasteiger partial charge in [0.15, 0.2) is 5.82 Å².